The van der Waals surface area contributed by atoms with Crippen molar-refractivity contribution in [3.05, 3.63) is 35.4 Å². The SMILES string of the molecule is CCCNC(C)C(CC)Cc1cccc(C)c1. The summed E-state index contributed by atoms with van der Waals surface area (Å²) in [4.78, 5) is 0. The molecule has 2 atom stereocenters. The lowest BCUT2D eigenvalue weighted by atomic mass is 9.90. The Morgan fingerprint density at radius 3 is 2.59 bits per heavy atom. The third kappa shape index (κ3) is 4.91. The summed E-state index contributed by atoms with van der Waals surface area (Å²) in [5.74, 6) is 0.739. The molecule has 0 aliphatic carbocycles. The van der Waals surface area contributed by atoms with E-state index in [0.717, 1.165) is 12.5 Å². The van der Waals surface area contributed by atoms with E-state index in [0.29, 0.717) is 6.04 Å². The summed E-state index contributed by atoms with van der Waals surface area (Å²) in [5.41, 5.74) is 2.84. The number of benzene rings is 1. The summed E-state index contributed by atoms with van der Waals surface area (Å²) in [7, 11) is 0. The average Bonchev–Trinajstić information content (AvgIpc) is 2.33. The Morgan fingerprint density at radius 2 is 2.00 bits per heavy atom. The van der Waals surface area contributed by atoms with Crippen molar-refractivity contribution in [1.29, 1.82) is 0 Å². The van der Waals surface area contributed by atoms with E-state index in [9.17, 15) is 0 Å². The van der Waals surface area contributed by atoms with Crippen molar-refractivity contribution >= 4 is 0 Å². The molecule has 0 saturated carbocycles. The van der Waals surface area contributed by atoms with Gasteiger partial charge < -0.3 is 5.32 Å². The molecule has 1 nitrogen and oxygen atoms in total. The van der Waals surface area contributed by atoms with E-state index < -0.39 is 0 Å². The number of aryl methyl sites for hydroxylation is 1. The summed E-state index contributed by atoms with van der Waals surface area (Å²) in [5, 5.41) is 3.62. The number of hydrogen-bond acceptors (Lipinski definition) is 1. The van der Waals surface area contributed by atoms with E-state index >= 15 is 0 Å². The third-order valence-electron chi connectivity index (χ3n) is 3.53. The highest BCUT2D eigenvalue weighted by Gasteiger charge is 2.15. The van der Waals surface area contributed by atoms with Crippen LogP contribution in [-0.4, -0.2) is 12.6 Å². The molecule has 0 aliphatic heterocycles. The van der Waals surface area contributed by atoms with E-state index in [1.807, 2.05) is 0 Å². The quantitative estimate of drug-likeness (QED) is 0.752. The molecular formula is C16H27N. The monoisotopic (exact) mass is 233 g/mol. The highest BCUT2D eigenvalue weighted by Crippen LogP contribution is 2.17. The normalized spacial score (nSPS) is 14.6. The van der Waals surface area contributed by atoms with Gasteiger partial charge in [0.2, 0.25) is 0 Å². The molecule has 96 valence electrons. The van der Waals surface area contributed by atoms with Crippen LogP contribution in [0.2, 0.25) is 0 Å². The highest BCUT2D eigenvalue weighted by atomic mass is 14.9. The van der Waals surface area contributed by atoms with Crippen LogP contribution in [0.5, 0.6) is 0 Å². The van der Waals surface area contributed by atoms with Crippen LogP contribution < -0.4 is 5.32 Å². The minimum absolute atomic E-state index is 0.612. The fraction of sp³-hybridized carbons (Fsp3) is 0.625. The second-order valence-electron chi connectivity index (χ2n) is 5.10. The average molecular weight is 233 g/mol. The Labute approximate surface area is 107 Å². The first kappa shape index (κ1) is 14.2. The van der Waals surface area contributed by atoms with Gasteiger partial charge in [-0.3, -0.25) is 0 Å². The van der Waals surface area contributed by atoms with Crippen LogP contribution in [0.4, 0.5) is 0 Å². The maximum absolute atomic E-state index is 3.62. The van der Waals surface area contributed by atoms with Gasteiger partial charge in [0.1, 0.15) is 0 Å². The van der Waals surface area contributed by atoms with Crippen molar-refractivity contribution in [2.75, 3.05) is 6.54 Å². The molecule has 0 aliphatic rings. The van der Waals surface area contributed by atoms with Gasteiger partial charge in [-0.15, -0.1) is 0 Å². The van der Waals surface area contributed by atoms with Crippen molar-refractivity contribution in [1.82, 2.24) is 5.32 Å². The maximum Gasteiger partial charge on any atom is 0.00700 e. The Balaban J connectivity index is 2.56. The largest absolute Gasteiger partial charge is 0.314 e. The molecule has 0 bridgehead atoms. The topological polar surface area (TPSA) is 12.0 Å². The second-order valence-corrected chi connectivity index (χ2v) is 5.10. The van der Waals surface area contributed by atoms with Gasteiger partial charge in [0.15, 0.2) is 0 Å². The molecule has 1 aromatic rings. The van der Waals surface area contributed by atoms with Gasteiger partial charge in [0, 0.05) is 6.04 Å². The molecule has 17 heavy (non-hydrogen) atoms. The van der Waals surface area contributed by atoms with Gasteiger partial charge in [-0.25, -0.2) is 0 Å². The van der Waals surface area contributed by atoms with Gasteiger partial charge in [-0.2, -0.15) is 0 Å². The van der Waals surface area contributed by atoms with E-state index in [4.69, 9.17) is 0 Å². The first-order chi connectivity index (χ1) is 8.17. The zero-order chi connectivity index (χ0) is 12.7. The van der Waals surface area contributed by atoms with E-state index in [1.165, 1.54) is 30.4 Å². The fourth-order valence-corrected chi connectivity index (χ4v) is 2.36. The van der Waals surface area contributed by atoms with E-state index in [2.05, 4.69) is 57.3 Å². The minimum atomic E-state index is 0.612. The summed E-state index contributed by atoms with van der Waals surface area (Å²) >= 11 is 0. The lowest BCUT2D eigenvalue weighted by molar-refractivity contribution is 0.362. The van der Waals surface area contributed by atoms with Crippen molar-refractivity contribution in [2.45, 2.75) is 53.0 Å². The molecule has 0 fully saturated rings. The Morgan fingerprint density at radius 1 is 1.24 bits per heavy atom. The van der Waals surface area contributed by atoms with Gasteiger partial charge >= 0.3 is 0 Å². The molecular weight excluding hydrogens is 206 g/mol. The molecule has 0 saturated heterocycles. The van der Waals surface area contributed by atoms with Crippen LogP contribution in [0, 0.1) is 12.8 Å². The smallest absolute Gasteiger partial charge is 0.00700 e. The lowest BCUT2D eigenvalue weighted by Crippen LogP contribution is -2.34. The summed E-state index contributed by atoms with van der Waals surface area (Å²) in [6.45, 7) is 10.1. The highest BCUT2D eigenvalue weighted by molar-refractivity contribution is 5.22. The van der Waals surface area contributed by atoms with E-state index in [1.54, 1.807) is 0 Å². The number of hydrogen-bond donors (Lipinski definition) is 1. The third-order valence-corrected chi connectivity index (χ3v) is 3.53. The van der Waals surface area contributed by atoms with Gasteiger partial charge in [0.05, 0.1) is 0 Å². The molecule has 1 aromatic carbocycles. The fourth-order valence-electron chi connectivity index (χ4n) is 2.36. The first-order valence-corrected chi connectivity index (χ1v) is 6.96. The molecule has 1 N–H and O–H groups in total. The predicted molar refractivity (Wildman–Crippen MR) is 76.4 cm³/mol. The molecule has 0 radical (unpaired) electrons. The van der Waals surface area contributed by atoms with Gasteiger partial charge in [-0.05, 0) is 44.7 Å². The van der Waals surface area contributed by atoms with Crippen LogP contribution in [0.3, 0.4) is 0 Å². The van der Waals surface area contributed by atoms with Crippen LogP contribution in [0.15, 0.2) is 24.3 Å². The second kappa shape index (κ2) is 7.50. The Kier molecular flexibility index (Phi) is 6.28. The predicted octanol–water partition coefficient (Wildman–Crippen LogP) is 3.95. The summed E-state index contributed by atoms with van der Waals surface area (Å²) in [6.07, 6.45) is 3.65. The molecule has 1 rings (SSSR count). The first-order valence-electron chi connectivity index (χ1n) is 6.96. The molecule has 0 heterocycles. The molecule has 1 heteroatoms. The maximum atomic E-state index is 3.62. The number of rotatable bonds is 7. The van der Waals surface area contributed by atoms with Crippen molar-refractivity contribution < 1.29 is 0 Å². The Hall–Kier alpha value is -0.820. The van der Waals surface area contributed by atoms with E-state index in [-0.39, 0.29) is 0 Å². The van der Waals surface area contributed by atoms with Crippen molar-refractivity contribution in [2.24, 2.45) is 5.92 Å². The lowest BCUT2D eigenvalue weighted by Gasteiger charge is -2.24. The zero-order valence-corrected chi connectivity index (χ0v) is 11.8. The van der Waals surface area contributed by atoms with Crippen LogP contribution >= 0.6 is 0 Å². The van der Waals surface area contributed by atoms with Crippen LogP contribution in [-0.2, 0) is 6.42 Å². The number of nitrogens with one attached hydrogen (secondary N) is 1. The minimum Gasteiger partial charge on any atom is -0.314 e. The molecule has 0 spiro atoms. The van der Waals surface area contributed by atoms with Crippen molar-refractivity contribution in [3.8, 4) is 0 Å². The van der Waals surface area contributed by atoms with Gasteiger partial charge in [-0.1, -0.05) is 50.1 Å². The Bertz CT molecular complexity index is 319. The zero-order valence-electron chi connectivity index (χ0n) is 11.8. The van der Waals surface area contributed by atoms with Crippen LogP contribution in [0.1, 0.15) is 44.7 Å². The van der Waals surface area contributed by atoms with Gasteiger partial charge in [0.25, 0.3) is 0 Å². The standard InChI is InChI=1S/C16H27N/c1-5-10-17-14(4)16(6-2)12-15-9-7-8-13(3)11-15/h7-9,11,14,16-17H,5-6,10,12H2,1-4H3. The van der Waals surface area contributed by atoms with Crippen LogP contribution in [0.25, 0.3) is 0 Å². The summed E-state index contributed by atoms with van der Waals surface area (Å²) in [6, 6.07) is 9.52. The molecule has 2 unspecified atom stereocenters. The molecule has 0 amide bonds. The summed E-state index contributed by atoms with van der Waals surface area (Å²) < 4.78 is 0. The van der Waals surface area contributed by atoms with Crippen molar-refractivity contribution in [3.63, 3.8) is 0 Å². The molecule has 0 aromatic heterocycles.